The van der Waals surface area contributed by atoms with E-state index in [9.17, 15) is 0 Å². The van der Waals surface area contributed by atoms with Crippen LogP contribution in [-0.2, 0) is 4.74 Å². The molecular formula is C14H24N4O2. The minimum absolute atomic E-state index is 0.228. The lowest BCUT2D eigenvalue weighted by Gasteiger charge is -2.37. The fraction of sp³-hybridized carbons (Fsp3) is 0.714. The monoisotopic (exact) mass is 280 g/mol. The van der Waals surface area contributed by atoms with Crippen molar-refractivity contribution in [2.24, 2.45) is 5.92 Å². The lowest BCUT2D eigenvalue weighted by atomic mass is 9.96. The van der Waals surface area contributed by atoms with E-state index in [2.05, 4.69) is 27.1 Å². The van der Waals surface area contributed by atoms with Crippen LogP contribution in [0.2, 0.25) is 0 Å². The van der Waals surface area contributed by atoms with Crippen LogP contribution in [0.5, 0.6) is 5.75 Å². The van der Waals surface area contributed by atoms with Gasteiger partial charge in [-0.15, -0.1) is 0 Å². The zero-order chi connectivity index (χ0) is 14.5. The predicted octanol–water partition coefficient (Wildman–Crippen LogP) is 1.78. The van der Waals surface area contributed by atoms with E-state index >= 15 is 0 Å². The van der Waals surface area contributed by atoms with E-state index < -0.39 is 0 Å². The van der Waals surface area contributed by atoms with Crippen LogP contribution >= 0.6 is 0 Å². The quantitative estimate of drug-likeness (QED) is 0.887. The van der Waals surface area contributed by atoms with E-state index in [1.165, 1.54) is 0 Å². The van der Waals surface area contributed by atoms with Gasteiger partial charge in [-0.05, 0) is 19.3 Å². The molecule has 0 radical (unpaired) electrons. The van der Waals surface area contributed by atoms with Crippen LogP contribution in [0.1, 0.15) is 20.3 Å². The molecule has 0 bridgehead atoms. The molecule has 1 aromatic heterocycles. The van der Waals surface area contributed by atoms with Gasteiger partial charge in [0.25, 0.3) is 0 Å². The second-order valence-electron chi connectivity index (χ2n) is 5.10. The molecule has 2 atom stereocenters. The van der Waals surface area contributed by atoms with Gasteiger partial charge in [-0.1, -0.05) is 6.92 Å². The first-order valence-electron chi connectivity index (χ1n) is 7.11. The zero-order valence-corrected chi connectivity index (χ0v) is 12.7. The summed E-state index contributed by atoms with van der Waals surface area (Å²) in [6.45, 7) is 6.85. The largest absolute Gasteiger partial charge is 0.490 e. The third-order valence-corrected chi connectivity index (χ3v) is 3.83. The highest BCUT2D eigenvalue weighted by Crippen LogP contribution is 2.34. The summed E-state index contributed by atoms with van der Waals surface area (Å²) in [5, 5.41) is 3.21. The molecule has 6 heteroatoms. The normalized spacial score (nSPS) is 22.7. The van der Waals surface area contributed by atoms with Crippen LogP contribution in [0, 0.1) is 5.92 Å². The van der Waals surface area contributed by atoms with Crippen molar-refractivity contribution < 1.29 is 9.47 Å². The van der Waals surface area contributed by atoms with Crippen molar-refractivity contribution >= 4 is 11.6 Å². The highest BCUT2D eigenvalue weighted by Gasteiger charge is 2.29. The zero-order valence-electron chi connectivity index (χ0n) is 12.7. The van der Waals surface area contributed by atoms with E-state index in [-0.39, 0.29) is 6.10 Å². The SMILES string of the molecule is CCNc1ncnc(N2CCC(C)C(OC)C2)c1OC. The molecule has 0 aliphatic carbocycles. The molecule has 0 amide bonds. The maximum Gasteiger partial charge on any atom is 0.204 e. The molecule has 112 valence electrons. The number of hydrogen-bond acceptors (Lipinski definition) is 6. The Morgan fingerprint density at radius 1 is 1.40 bits per heavy atom. The maximum atomic E-state index is 5.56. The van der Waals surface area contributed by atoms with Gasteiger partial charge >= 0.3 is 0 Å². The van der Waals surface area contributed by atoms with Crippen molar-refractivity contribution in [3.8, 4) is 5.75 Å². The highest BCUT2D eigenvalue weighted by molar-refractivity contribution is 5.64. The Hall–Kier alpha value is -1.56. The van der Waals surface area contributed by atoms with Crippen molar-refractivity contribution in [1.82, 2.24) is 9.97 Å². The minimum atomic E-state index is 0.228. The number of aromatic nitrogens is 2. The standard InChI is InChI=1S/C14H24N4O2/c1-5-15-13-12(20-4)14(17-9-16-13)18-7-6-10(2)11(8-18)19-3/h9-11H,5-8H2,1-4H3,(H,15,16,17). The first-order chi connectivity index (χ1) is 9.71. The fourth-order valence-electron chi connectivity index (χ4n) is 2.60. The predicted molar refractivity (Wildman–Crippen MR) is 79.5 cm³/mol. The third-order valence-electron chi connectivity index (χ3n) is 3.83. The number of rotatable bonds is 5. The van der Waals surface area contributed by atoms with Gasteiger partial charge in [0.15, 0.2) is 11.6 Å². The van der Waals surface area contributed by atoms with Gasteiger partial charge in [0, 0.05) is 26.7 Å². The Morgan fingerprint density at radius 3 is 2.85 bits per heavy atom. The molecule has 1 saturated heterocycles. The number of hydrogen-bond donors (Lipinski definition) is 1. The topological polar surface area (TPSA) is 59.5 Å². The van der Waals surface area contributed by atoms with Crippen molar-refractivity contribution in [2.75, 3.05) is 44.1 Å². The average Bonchev–Trinajstić information content (AvgIpc) is 2.48. The molecule has 0 aromatic carbocycles. The van der Waals surface area contributed by atoms with Crippen LogP contribution in [0.3, 0.4) is 0 Å². The third kappa shape index (κ3) is 2.95. The number of nitrogens with zero attached hydrogens (tertiary/aromatic N) is 3. The molecule has 1 aliphatic heterocycles. The van der Waals surface area contributed by atoms with Crippen molar-refractivity contribution in [3.05, 3.63) is 6.33 Å². The minimum Gasteiger partial charge on any atom is -0.490 e. The van der Waals surface area contributed by atoms with Crippen LogP contribution in [0.4, 0.5) is 11.6 Å². The average molecular weight is 280 g/mol. The second kappa shape index (κ2) is 6.74. The maximum absolute atomic E-state index is 5.56. The summed E-state index contributed by atoms with van der Waals surface area (Å²) in [6.07, 6.45) is 2.89. The number of anilines is 2. The fourth-order valence-corrected chi connectivity index (χ4v) is 2.60. The number of ether oxygens (including phenoxy) is 2. The first kappa shape index (κ1) is 14.8. The van der Waals surface area contributed by atoms with E-state index in [0.717, 1.165) is 37.7 Å². The summed E-state index contributed by atoms with van der Waals surface area (Å²) in [7, 11) is 3.43. The molecule has 2 rings (SSSR count). The van der Waals surface area contributed by atoms with E-state index in [1.54, 1.807) is 20.5 Å². The van der Waals surface area contributed by atoms with Crippen LogP contribution in [0.15, 0.2) is 6.33 Å². The van der Waals surface area contributed by atoms with Gasteiger partial charge in [0.1, 0.15) is 6.33 Å². The number of nitrogens with one attached hydrogen (secondary N) is 1. The molecule has 0 saturated carbocycles. The summed E-state index contributed by atoms with van der Waals surface area (Å²) < 4.78 is 11.1. The molecule has 0 spiro atoms. The van der Waals surface area contributed by atoms with Gasteiger partial charge < -0.3 is 19.7 Å². The molecule has 20 heavy (non-hydrogen) atoms. The summed E-state index contributed by atoms with van der Waals surface area (Å²) in [5.74, 6) is 2.86. The Kier molecular flexibility index (Phi) is 5.00. The van der Waals surface area contributed by atoms with Gasteiger partial charge in [-0.2, -0.15) is 0 Å². The summed E-state index contributed by atoms with van der Waals surface area (Å²) in [5.41, 5.74) is 0. The van der Waals surface area contributed by atoms with Crippen molar-refractivity contribution in [2.45, 2.75) is 26.4 Å². The van der Waals surface area contributed by atoms with Crippen LogP contribution in [0.25, 0.3) is 0 Å². The molecule has 1 aromatic rings. The molecule has 2 heterocycles. The Labute approximate surface area is 120 Å². The summed E-state index contributed by atoms with van der Waals surface area (Å²) in [6, 6.07) is 0. The Bertz CT molecular complexity index is 441. The Morgan fingerprint density at radius 2 is 2.20 bits per heavy atom. The lowest BCUT2D eigenvalue weighted by molar-refractivity contribution is 0.0495. The number of methoxy groups -OCH3 is 2. The van der Waals surface area contributed by atoms with E-state index in [4.69, 9.17) is 9.47 Å². The van der Waals surface area contributed by atoms with Crippen molar-refractivity contribution in [3.63, 3.8) is 0 Å². The lowest BCUT2D eigenvalue weighted by Crippen LogP contribution is -2.44. The first-order valence-corrected chi connectivity index (χ1v) is 7.11. The van der Waals surface area contributed by atoms with E-state index in [0.29, 0.717) is 11.7 Å². The molecule has 1 N–H and O–H groups in total. The van der Waals surface area contributed by atoms with Crippen LogP contribution < -0.4 is 15.0 Å². The van der Waals surface area contributed by atoms with Crippen LogP contribution in [-0.4, -0.2) is 49.9 Å². The van der Waals surface area contributed by atoms with Gasteiger partial charge in [-0.3, -0.25) is 0 Å². The molecule has 1 fully saturated rings. The highest BCUT2D eigenvalue weighted by atomic mass is 16.5. The Balaban J connectivity index is 2.25. The molecular weight excluding hydrogens is 256 g/mol. The van der Waals surface area contributed by atoms with Gasteiger partial charge in [0.05, 0.1) is 13.2 Å². The molecule has 2 unspecified atom stereocenters. The molecule has 1 aliphatic rings. The van der Waals surface area contributed by atoms with Gasteiger partial charge in [0.2, 0.25) is 5.75 Å². The van der Waals surface area contributed by atoms with E-state index in [1.807, 2.05) is 6.92 Å². The van der Waals surface area contributed by atoms with Crippen molar-refractivity contribution in [1.29, 1.82) is 0 Å². The smallest absolute Gasteiger partial charge is 0.204 e. The number of piperidine rings is 1. The summed E-state index contributed by atoms with van der Waals surface area (Å²) >= 11 is 0. The molecule has 6 nitrogen and oxygen atoms in total. The second-order valence-corrected chi connectivity index (χ2v) is 5.10. The summed E-state index contributed by atoms with van der Waals surface area (Å²) in [4.78, 5) is 10.9. The van der Waals surface area contributed by atoms with Gasteiger partial charge in [-0.25, -0.2) is 9.97 Å².